The maximum atomic E-state index is 4.54. The Morgan fingerprint density at radius 1 is 1.56 bits per heavy atom. The van der Waals surface area contributed by atoms with E-state index in [1.54, 1.807) is 11.3 Å². The molecule has 1 atom stereocenters. The summed E-state index contributed by atoms with van der Waals surface area (Å²) >= 11 is 5.28. The average Bonchev–Trinajstić information content (AvgIpc) is 2.86. The first-order valence-electron chi connectivity index (χ1n) is 5.93. The van der Waals surface area contributed by atoms with Gasteiger partial charge in [0, 0.05) is 24.5 Å². The third kappa shape index (κ3) is 2.99. The fourth-order valence-electron chi connectivity index (χ4n) is 2.00. The Morgan fingerprint density at radius 2 is 2.33 bits per heavy atom. The molecule has 2 aromatic heterocycles. The van der Waals surface area contributed by atoms with Crippen molar-refractivity contribution in [1.29, 1.82) is 0 Å². The number of likely N-dealkylation sites (N-methyl/N-ethyl adjacent to an activating group) is 1. The zero-order chi connectivity index (χ0) is 13.1. The van der Waals surface area contributed by atoms with Gasteiger partial charge < -0.3 is 5.32 Å². The van der Waals surface area contributed by atoms with Crippen LogP contribution in [-0.2, 0) is 13.5 Å². The molecule has 2 heterocycles. The van der Waals surface area contributed by atoms with Crippen LogP contribution in [0, 0.1) is 6.92 Å². The van der Waals surface area contributed by atoms with E-state index in [1.165, 1.54) is 5.69 Å². The van der Waals surface area contributed by atoms with Gasteiger partial charge >= 0.3 is 0 Å². The summed E-state index contributed by atoms with van der Waals surface area (Å²) in [6.07, 6.45) is 2.73. The highest BCUT2D eigenvalue weighted by molar-refractivity contribution is 9.10. The molecule has 98 valence electrons. The van der Waals surface area contributed by atoms with Gasteiger partial charge in [-0.1, -0.05) is 6.92 Å². The quantitative estimate of drug-likeness (QED) is 0.917. The van der Waals surface area contributed by atoms with Gasteiger partial charge in [0.2, 0.25) is 0 Å². The molecular weight excluding hydrogens is 312 g/mol. The molecule has 0 amide bonds. The monoisotopic (exact) mass is 328 g/mol. The highest BCUT2D eigenvalue weighted by Crippen LogP contribution is 2.26. The maximum absolute atomic E-state index is 4.54. The molecule has 0 radical (unpaired) electrons. The Labute approximate surface area is 120 Å². The lowest BCUT2D eigenvalue weighted by atomic mass is 10.1. The molecule has 0 spiro atoms. The van der Waals surface area contributed by atoms with Crippen molar-refractivity contribution in [2.45, 2.75) is 26.3 Å². The van der Waals surface area contributed by atoms with Crippen LogP contribution in [0.5, 0.6) is 0 Å². The Bertz CT molecular complexity index is 500. The van der Waals surface area contributed by atoms with E-state index in [4.69, 9.17) is 0 Å². The number of nitrogens with zero attached hydrogens (tertiary/aromatic N) is 3. The van der Waals surface area contributed by atoms with Crippen LogP contribution in [0.25, 0.3) is 0 Å². The molecule has 0 aliphatic heterocycles. The van der Waals surface area contributed by atoms with Crippen LogP contribution in [0.4, 0.5) is 0 Å². The van der Waals surface area contributed by atoms with Gasteiger partial charge in [0.1, 0.15) is 0 Å². The smallest absolute Gasteiger partial charge is 0.0947 e. The molecule has 0 aliphatic rings. The van der Waals surface area contributed by atoms with Crippen LogP contribution in [-0.4, -0.2) is 21.3 Å². The lowest BCUT2D eigenvalue weighted by Crippen LogP contribution is -2.25. The largest absolute Gasteiger partial charge is 0.309 e. The van der Waals surface area contributed by atoms with E-state index in [1.807, 2.05) is 24.9 Å². The van der Waals surface area contributed by atoms with Crippen molar-refractivity contribution in [2.75, 3.05) is 6.54 Å². The third-order valence-electron chi connectivity index (χ3n) is 2.76. The molecule has 4 nitrogen and oxygen atoms in total. The number of hydrogen-bond donors (Lipinski definition) is 1. The van der Waals surface area contributed by atoms with Crippen LogP contribution in [0.2, 0.25) is 0 Å². The molecule has 0 saturated heterocycles. The van der Waals surface area contributed by atoms with Crippen molar-refractivity contribution in [3.05, 3.63) is 32.4 Å². The van der Waals surface area contributed by atoms with E-state index in [0.717, 1.165) is 28.1 Å². The molecular formula is C12H17BrN4S. The summed E-state index contributed by atoms with van der Waals surface area (Å²) in [5, 5.41) is 11.0. The number of thiazole rings is 1. The Morgan fingerprint density at radius 3 is 2.83 bits per heavy atom. The van der Waals surface area contributed by atoms with Crippen molar-refractivity contribution in [3.8, 4) is 0 Å². The molecule has 0 saturated carbocycles. The van der Waals surface area contributed by atoms with Gasteiger partial charge in [0.15, 0.2) is 0 Å². The first-order valence-corrected chi connectivity index (χ1v) is 7.60. The molecule has 1 unspecified atom stereocenters. The lowest BCUT2D eigenvalue weighted by Gasteiger charge is -2.17. The van der Waals surface area contributed by atoms with Crippen LogP contribution < -0.4 is 5.32 Å². The van der Waals surface area contributed by atoms with E-state index in [2.05, 4.69) is 43.6 Å². The summed E-state index contributed by atoms with van der Waals surface area (Å²) in [4.78, 5) is 4.54. The minimum Gasteiger partial charge on any atom is -0.309 e. The second-order valence-electron chi connectivity index (χ2n) is 4.20. The van der Waals surface area contributed by atoms with E-state index in [-0.39, 0.29) is 6.04 Å². The number of rotatable bonds is 5. The summed E-state index contributed by atoms with van der Waals surface area (Å²) in [5.41, 5.74) is 2.26. The van der Waals surface area contributed by atoms with Crippen LogP contribution in [0.1, 0.15) is 29.4 Å². The Kier molecular flexibility index (Phi) is 4.53. The van der Waals surface area contributed by atoms with E-state index >= 15 is 0 Å². The third-order valence-corrected chi connectivity index (χ3v) is 4.36. The number of hydrogen-bond acceptors (Lipinski definition) is 4. The molecule has 1 N–H and O–H groups in total. The Hall–Kier alpha value is -0.720. The van der Waals surface area contributed by atoms with Crippen LogP contribution in [0.3, 0.4) is 0 Å². The fraction of sp³-hybridized carbons (Fsp3) is 0.500. The van der Waals surface area contributed by atoms with Gasteiger partial charge in [-0.3, -0.25) is 4.68 Å². The van der Waals surface area contributed by atoms with Crippen molar-refractivity contribution < 1.29 is 0 Å². The molecule has 2 rings (SSSR count). The van der Waals surface area contributed by atoms with Crippen molar-refractivity contribution in [2.24, 2.45) is 7.05 Å². The van der Waals surface area contributed by atoms with Crippen molar-refractivity contribution in [3.63, 3.8) is 0 Å². The topological polar surface area (TPSA) is 42.7 Å². The van der Waals surface area contributed by atoms with Crippen molar-refractivity contribution in [1.82, 2.24) is 20.1 Å². The number of nitrogens with one attached hydrogen (secondary N) is 1. The molecule has 18 heavy (non-hydrogen) atoms. The number of aromatic nitrogens is 3. The first-order chi connectivity index (χ1) is 8.61. The molecule has 0 bridgehead atoms. The van der Waals surface area contributed by atoms with Gasteiger partial charge in [-0.15, -0.1) is 11.3 Å². The average molecular weight is 329 g/mol. The van der Waals surface area contributed by atoms with Crippen molar-refractivity contribution >= 4 is 27.3 Å². The highest BCUT2D eigenvalue weighted by Gasteiger charge is 2.19. The summed E-state index contributed by atoms with van der Waals surface area (Å²) < 4.78 is 2.96. The van der Waals surface area contributed by atoms with E-state index < -0.39 is 0 Å². The number of halogens is 1. The summed E-state index contributed by atoms with van der Waals surface area (Å²) in [6.45, 7) is 5.07. The van der Waals surface area contributed by atoms with Crippen LogP contribution >= 0.6 is 27.3 Å². The normalized spacial score (nSPS) is 12.9. The van der Waals surface area contributed by atoms with Gasteiger partial charge in [-0.2, -0.15) is 5.10 Å². The first kappa shape index (κ1) is 13.7. The minimum atomic E-state index is 0.238. The molecule has 6 heteroatoms. The van der Waals surface area contributed by atoms with Gasteiger partial charge in [-0.05, 0) is 29.4 Å². The predicted molar refractivity (Wildman–Crippen MR) is 77.9 cm³/mol. The van der Waals surface area contributed by atoms with E-state index in [0.29, 0.717) is 0 Å². The SMILES string of the molecule is CCNC(Cc1nc(C)cs1)c1c(Br)cnn1C. The highest BCUT2D eigenvalue weighted by atomic mass is 79.9. The minimum absolute atomic E-state index is 0.238. The Balaban J connectivity index is 2.23. The van der Waals surface area contributed by atoms with Gasteiger partial charge in [-0.25, -0.2) is 4.98 Å². The molecule has 0 aliphatic carbocycles. The summed E-state index contributed by atoms with van der Waals surface area (Å²) in [7, 11) is 1.97. The molecule has 2 aromatic rings. The zero-order valence-corrected chi connectivity index (χ0v) is 13.2. The fourth-order valence-corrected chi connectivity index (χ4v) is 3.44. The number of aryl methyl sites for hydroxylation is 2. The standard InChI is InChI=1S/C12H17BrN4S/c1-4-14-10(5-11-16-8(2)7-18-11)12-9(13)6-15-17(12)3/h6-7,10,14H,4-5H2,1-3H3. The lowest BCUT2D eigenvalue weighted by molar-refractivity contribution is 0.505. The van der Waals surface area contributed by atoms with Crippen LogP contribution in [0.15, 0.2) is 16.0 Å². The summed E-state index contributed by atoms with van der Waals surface area (Å²) in [5.74, 6) is 0. The zero-order valence-electron chi connectivity index (χ0n) is 10.8. The second kappa shape index (κ2) is 5.95. The van der Waals surface area contributed by atoms with E-state index in [9.17, 15) is 0 Å². The molecule has 0 fully saturated rings. The maximum Gasteiger partial charge on any atom is 0.0947 e. The van der Waals surface area contributed by atoms with Gasteiger partial charge in [0.25, 0.3) is 0 Å². The second-order valence-corrected chi connectivity index (χ2v) is 6.00. The summed E-state index contributed by atoms with van der Waals surface area (Å²) in [6, 6.07) is 0.238. The van der Waals surface area contributed by atoms with Gasteiger partial charge in [0.05, 0.1) is 27.4 Å². The molecule has 0 aromatic carbocycles. The predicted octanol–water partition coefficient (Wildman–Crippen LogP) is 2.84.